The maximum atomic E-state index is 14.0. The van der Waals surface area contributed by atoms with E-state index in [1.165, 1.54) is 23.1 Å². The molecule has 2 aromatic rings. The van der Waals surface area contributed by atoms with Crippen LogP contribution in [-0.4, -0.2) is 46.8 Å². The van der Waals surface area contributed by atoms with E-state index in [2.05, 4.69) is 10.4 Å². The molecule has 0 unspecified atom stereocenters. The Kier molecular flexibility index (Phi) is 4.99. The van der Waals surface area contributed by atoms with Gasteiger partial charge in [-0.05, 0) is 32.0 Å². The van der Waals surface area contributed by atoms with Crippen LogP contribution in [0, 0.1) is 5.82 Å². The topological polar surface area (TPSA) is 50.2 Å². The summed E-state index contributed by atoms with van der Waals surface area (Å²) in [5.74, 6) is -1.59. The zero-order valence-corrected chi connectivity index (χ0v) is 14.1. The summed E-state index contributed by atoms with van der Waals surface area (Å²) in [6, 6.07) is 5.24. The van der Waals surface area contributed by atoms with Gasteiger partial charge in [-0.3, -0.25) is 4.79 Å². The van der Waals surface area contributed by atoms with Gasteiger partial charge in [-0.1, -0.05) is 12.1 Å². The first kappa shape index (κ1) is 18.4. The van der Waals surface area contributed by atoms with E-state index >= 15 is 0 Å². The van der Waals surface area contributed by atoms with Gasteiger partial charge in [-0.25, -0.2) is 9.07 Å². The number of para-hydroxylation sites is 1. The van der Waals surface area contributed by atoms with E-state index in [1.807, 2.05) is 7.05 Å². The smallest absolute Gasteiger partial charge is 0.338 e. The number of likely N-dealkylation sites (tertiary alicyclic amines) is 1. The van der Waals surface area contributed by atoms with Gasteiger partial charge in [-0.2, -0.15) is 18.3 Å². The van der Waals surface area contributed by atoms with Gasteiger partial charge in [0.25, 0.3) is 5.91 Å². The molecule has 0 radical (unpaired) electrons. The lowest BCUT2D eigenvalue weighted by Gasteiger charge is -2.31. The minimum Gasteiger partial charge on any atom is -0.338 e. The highest BCUT2D eigenvalue weighted by Crippen LogP contribution is 2.35. The van der Waals surface area contributed by atoms with E-state index in [1.54, 1.807) is 0 Å². The van der Waals surface area contributed by atoms with Crippen molar-refractivity contribution in [2.75, 3.05) is 20.1 Å². The number of benzene rings is 1. The Morgan fingerprint density at radius 1 is 1.23 bits per heavy atom. The summed E-state index contributed by atoms with van der Waals surface area (Å²) in [4.78, 5) is 14.0. The average molecular weight is 370 g/mol. The van der Waals surface area contributed by atoms with Crippen molar-refractivity contribution in [3.63, 3.8) is 0 Å². The Bertz CT molecular complexity index is 794. The summed E-state index contributed by atoms with van der Waals surface area (Å²) in [5, 5.41) is 6.75. The minimum absolute atomic E-state index is 0.238. The Morgan fingerprint density at radius 2 is 1.88 bits per heavy atom. The molecule has 1 saturated heterocycles. The lowest BCUT2D eigenvalue weighted by molar-refractivity contribution is -0.143. The van der Waals surface area contributed by atoms with Crippen LogP contribution in [0.4, 0.5) is 17.6 Å². The van der Waals surface area contributed by atoms with E-state index in [0.29, 0.717) is 30.6 Å². The number of hydrogen-bond donors (Lipinski definition) is 1. The van der Waals surface area contributed by atoms with Crippen LogP contribution in [0.15, 0.2) is 30.5 Å². The van der Waals surface area contributed by atoms with Crippen LogP contribution in [0.25, 0.3) is 5.69 Å². The van der Waals surface area contributed by atoms with Gasteiger partial charge in [0, 0.05) is 19.1 Å². The second-order valence-corrected chi connectivity index (χ2v) is 6.12. The number of carbonyl (C=O) groups is 1. The second kappa shape index (κ2) is 7.06. The van der Waals surface area contributed by atoms with Crippen molar-refractivity contribution in [1.82, 2.24) is 20.0 Å². The van der Waals surface area contributed by atoms with Crippen molar-refractivity contribution in [2.45, 2.75) is 25.1 Å². The molecule has 3 rings (SSSR count). The maximum absolute atomic E-state index is 14.0. The number of amides is 1. The van der Waals surface area contributed by atoms with E-state index in [-0.39, 0.29) is 11.7 Å². The van der Waals surface area contributed by atoms with Gasteiger partial charge in [0.2, 0.25) is 0 Å². The van der Waals surface area contributed by atoms with Crippen molar-refractivity contribution < 1.29 is 22.4 Å². The highest BCUT2D eigenvalue weighted by molar-refractivity contribution is 5.95. The Balaban J connectivity index is 1.98. The van der Waals surface area contributed by atoms with E-state index < -0.39 is 29.2 Å². The van der Waals surface area contributed by atoms with Gasteiger partial charge in [-0.15, -0.1) is 0 Å². The molecule has 1 aromatic heterocycles. The Morgan fingerprint density at radius 3 is 2.46 bits per heavy atom. The molecule has 9 heteroatoms. The molecule has 1 aliphatic heterocycles. The van der Waals surface area contributed by atoms with Gasteiger partial charge < -0.3 is 10.2 Å². The molecule has 1 amide bonds. The fraction of sp³-hybridized carbons (Fsp3) is 0.412. The normalized spacial score (nSPS) is 16.1. The van der Waals surface area contributed by atoms with Crippen molar-refractivity contribution >= 4 is 5.91 Å². The van der Waals surface area contributed by atoms with Crippen LogP contribution in [0.3, 0.4) is 0 Å². The number of halogens is 4. The molecule has 26 heavy (non-hydrogen) atoms. The quantitative estimate of drug-likeness (QED) is 0.846. The van der Waals surface area contributed by atoms with Gasteiger partial charge in [0.15, 0.2) is 5.69 Å². The molecule has 0 aliphatic carbocycles. The molecule has 5 nitrogen and oxygen atoms in total. The Labute approximate surface area is 147 Å². The molecular formula is C17H18F4N4O. The first-order valence-corrected chi connectivity index (χ1v) is 8.19. The lowest BCUT2D eigenvalue weighted by atomic mass is 10.0. The summed E-state index contributed by atoms with van der Waals surface area (Å²) in [5.41, 5.74) is -2.18. The van der Waals surface area contributed by atoms with Crippen molar-refractivity contribution in [3.8, 4) is 5.69 Å². The van der Waals surface area contributed by atoms with E-state index in [0.717, 1.165) is 12.3 Å². The van der Waals surface area contributed by atoms with E-state index in [4.69, 9.17) is 0 Å². The molecule has 1 aliphatic rings. The zero-order valence-electron chi connectivity index (χ0n) is 14.1. The molecule has 1 aromatic carbocycles. The summed E-state index contributed by atoms with van der Waals surface area (Å²) >= 11 is 0. The molecule has 0 atom stereocenters. The number of hydrogen-bond acceptors (Lipinski definition) is 3. The SMILES string of the molecule is CNC1CCN(C(=O)c2cnn(-c3ccccc3F)c2C(F)(F)F)CC1. The average Bonchev–Trinajstić information content (AvgIpc) is 3.07. The van der Waals surface area contributed by atoms with Crippen LogP contribution in [0.5, 0.6) is 0 Å². The molecular weight excluding hydrogens is 352 g/mol. The van der Waals surface area contributed by atoms with Gasteiger partial charge >= 0.3 is 6.18 Å². The molecule has 1 N–H and O–H groups in total. The van der Waals surface area contributed by atoms with Crippen LogP contribution in [0.2, 0.25) is 0 Å². The first-order valence-electron chi connectivity index (χ1n) is 8.19. The van der Waals surface area contributed by atoms with Gasteiger partial charge in [0.05, 0.1) is 11.8 Å². The molecule has 0 bridgehead atoms. The van der Waals surface area contributed by atoms with Crippen molar-refractivity contribution in [1.29, 1.82) is 0 Å². The molecule has 140 valence electrons. The number of carbonyl (C=O) groups excluding carboxylic acids is 1. The largest absolute Gasteiger partial charge is 0.434 e. The lowest BCUT2D eigenvalue weighted by Crippen LogP contribution is -2.44. The fourth-order valence-corrected chi connectivity index (χ4v) is 3.13. The third-order valence-corrected chi connectivity index (χ3v) is 4.54. The van der Waals surface area contributed by atoms with Crippen LogP contribution in [0.1, 0.15) is 28.9 Å². The van der Waals surface area contributed by atoms with Crippen LogP contribution in [-0.2, 0) is 6.18 Å². The van der Waals surface area contributed by atoms with Crippen molar-refractivity contribution in [3.05, 3.63) is 47.5 Å². The predicted octanol–water partition coefficient (Wildman–Crippen LogP) is 2.85. The van der Waals surface area contributed by atoms with Gasteiger partial charge in [0.1, 0.15) is 11.5 Å². The second-order valence-electron chi connectivity index (χ2n) is 6.12. The zero-order chi connectivity index (χ0) is 18.9. The third-order valence-electron chi connectivity index (χ3n) is 4.54. The highest BCUT2D eigenvalue weighted by atomic mass is 19.4. The van der Waals surface area contributed by atoms with Crippen molar-refractivity contribution in [2.24, 2.45) is 0 Å². The minimum atomic E-state index is -4.85. The van der Waals surface area contributed by atoms with Crippen LogP contribution >= 0.6 is 0 Å². The third kappa shape index (κ3) is 3.44. The number of nitrogens with zero attached hydrogens (tertiary/aromatic N) is 3. The standard InChI is InChI=1S/C17H18F4N4O/c1-22-11-6-8-24(9-7-11)16(26)12-10-23-25(15(12)17(19,20)21)14-5-3-2-4-13(14)18/h2-5,10-11,22H,6-9H2,1H3. The molecule has 0 spiro atoms. The highest BCUT2D eigenvalue weighted by Gasteiger charge is 2.42. The maximum Gasteiger partial charge on any atom is 0.434 e. The summed E-state index contributed by atoms with van der Waals surface area (Å²) in [6.07, 6.45) is -2.68. The molecule has 0 saturated carbocycles. The molecule has 2 heterocycles. The summed E-state index contributed by atoms with van der Waals surface area (Å²) in [6.45, 7) is 0.707. The monoisotopic (exact) mass is 370 g/mol. The number of piperidine rings is 1. The fourth-order valence-electron chi connectivity index (χ4n) is 3.13. The number of alkyl halides is 3. The number of nitrogens with one attached hydrogen (secondary N) is 1. The predicted molar refractivity (Wildman–Crippen MR) is 86.5 cm³/mol. The molecule has 1 fully saturated rings. The van der Waals surface area contributed by atoms with E-state index in [9.17, 15) is 22.4 Å². The number of aromatic nitrogens is 2. The summed E-state index contributed by atoms with van der Waals surface area (Å²) < 4.78 is 55.3. The Hall–Kier alpha value is -2.42. The summed E-state index contributed by atoms with van der Waals surface area (Å²) in [7, 11) is 1.81. The number of rotatable bonds is 3. The first-order chi connectivity index (χ1) is 12.3. The van der Waals surface area contributed by atoms with Crippen LogP contribution < -0.4 is 5.32 Å².